The molecule has 0 radical (unpaired) electrons. The van der Waals surface area contributed by atoms with Crippen LogP contribution >= 0.6 is 0 Å². The molecular formula is C14H14F3N3O. The molecule has 112 valence electrons. The van der Waals surface area contributed by atoms with Crippen molar-refractivity contribution in [2.24, 2.45) is 0 Å². The van der Waals surface area contributed by atoms with E-state index in [4.69, 9.17) is 0 Å². The van der Waals surface area contributed by atoms with Gasteiger partial charge in [-0.1, -0.05) is 12.1 Å². The van der Waals surface area contributed by atoms with E-state index < -0.39 is 6.36 Å². The van der Waals surface area contributed by atoms with Gasteiger partial charge in [0.05, 0.1) is 0 Å². The molecular weight excluding hydrogens is 283 g/mol. The van der Waals surface area contributed by atoms with Crippen LogP contribution in [0, 0.1) is 6.92 Å². The average molecular weight is 297 g/mol. The Kier molecular flexibility index (Phi) is 4.30. The van der Waals surface area contributed by atoms with Crippen LogP contribution in [0.15, 0.2) is 30.3 Å². The number of nitrogens with zero attached hydrogens (tertiary/aromatic N) is 2. The summed E-state index contributed by atoms with van der Waals surface area (Å²) in [6.45, 7) is 4.41. The van der Waals surface area contributed by atoms with E-state index in [1.165, 1.54) is 18.2 Å². The normalized spacial score (nSPS) is 11.3. The first kappa shape index (κ1) is 15.1. The van der Waals surface area contributed by atoms with Gasteiger partial charge in [-0.3, -0.25) is 0 Å². The fourth-order valence-corrected chi connectivity index (χ4v) is 1.80. The van der Waals surface area contributed by atoms with E-state index >= 15 is 0 Å². The summed E-state index contributed by atoms with van der Waals surface area (Å²) < 4.78 is 40.6. The van der Waals surface area contributed by atoms with Crippen LogP contribution in [0.3, 0.4) is 0 Å². The maximum atomic E-state index is 12.2. The van der Waals surface area contributed by atoms with Gasteiger partial charge in [-0.05, 0) is 26.0 Å². The number of nitrogens with one attached hydrogen (secondary N) is 1. The fourth-order valence-electron chi connectivity index (χ4n) is 1.80. The molecule has 0 amide bonds. The number of ether oxygens (including phenoxy) is 1. The molecule has 1 heterocycles. The zero-order valence-electron chi connectivity index (χ0n) is 11.5. The largest absolute Gasteiger partial charge is 0.573 e. The minimum Gasteiger partial charge on any atom is -0.406 e. The molecule has 0 saturated carbocycles. The highest BCUT2D eigenvalue weighted by Gasteiger charge is 2.31. The maximum absolute atomic E-state index is 12.2. The Morgan fingerprint density at radius 2 is 1.95 bits per heavy atom. The number of aryl methyl sites for hydroxylation is 1. The maximum Gasteiger partial charge on any atom is 0.573 e. The van der Waals surface area contributed by atoms with Gasteiger partial charge in [0.25, 0.3) is 0 Å². The van der Waals surface area contributed by atoms with Crippen molar-refractivity contribution in [3.05, 3.63) is 36.0 Å². The number of anilines is 1. The molecule has 7 heteroatoms. The van der Waals surface area contributed by atoms with Crippen molar-refractivity contribution in [3.8, 4) is 17.1 Å². The van der Waals surface area contributed by atoms with Gasteiger partial charge in [0.2, 0.25) is 0 Å². The second kappa shape index (κ2) is 5.99. The van der Waals surface area contributed by atoms with Crippen LogP contribution in [0.2, 0.25) is 0 Å². The molecule has 0 bridgehead atoms. The van der Waals surface area contributed by atoms with E-state index in [-0.39, 0.29) is 5.75 Å². The summed E-state index contributed by atoms with van der Waals surface area (Å²) in [5.41, 5.74) is 1.18. The Labute approximate surface area is 120 Å². The van der Waals surface area contributed by atoms with E-state index in [9.17, 15) is 13.2 Å². The molecule has 1 aromatic heterocycles. The minimum atomic E-state index is -4.72. The number of hydrogen-bond donors (Lipinski definition) is 1. The van der Waals surface area contributed by atoms with E-state index in [0.717, 1.165) is 5.69 Å². The summed E-state index contributed by atoms with van der Waals surface area (Å²) in [6, 6.07) is 7.36. The summed E-state index contributed by atoms with van der Waals surface area (Å²) >= 11 is 0. The van der Waals surface area contributed by atoms with E-state index in [2.05, 4.69) is 20.0 Å². The second-order valence-electron chi connectivity index (χ2n) is 4.32. The van der Waals surface area contributed by atoms with Crippen LogP contribution in [-0.2, 0) is 0 Å². The first-order valence-corrected chi connectivity index (χ1v) is 6.33. The van der Waals surface area contributed by atoms with Crippen molar-refractivity contribution < 1.29 is 17.9 Å². The van der Waals surface area contributed by atoms with Gasteiger partial charge in [-0.25, -0.2) is 9.97 Å². The molecule has 0 aliphatic rings. The summed E-state index contributed by atoms with van der Waals surface area (Å²) in [7, 11) is 0. The smallest absolute Gasteiger partial charge is 0.406 e. The SMILES string of the molecule is CCNc1cc(C)nc(-c2cccc(OC(F)(F)F)c2)n1. The Balaban J connectivity index is 2.35. The zero-order chi connectivity index (χ0) is 15.5. The van der Waals surface area contributed by atoms with Crippen LogP contribution in [0.1, 0.15) is 12.6 Å². The van der Waals surface area contributed by atoms with Gasteiger partial charge in [0.15, 0.2) is 5.82 Å². The molecule has 1 N–H and O–H groups in total. The van der Waals surface area contributed by atoms with Gasteiger partial charge in [0, 0.05) is 23.9 Å². The van der Waals surface area contributed by atoms with Gasteiger partial charge < -0.3 is 10.1 Å². The lowest BCUT2D eigenvalue weighted by Crippen LogP contribution is -2.17. The molecule has 2 rings (SSSR count). The standard InChI is InChI=1S/C14H14F3N3O/c1-3-18-12-7-9(2)19-13(20-12)10-5-4-6-11(8-10)21-14(15,16)17/h4-8H,3H2,1-2H3,(H,18,19,20). The molecule has 1 aromatic carbocycles. The Bertz CT molecular complexity index is 629. The molecule has 2 aromatic rings. The quantitative estimate of drug-likeness (QED) is 0.933. The fraction of sp³-hybridized carbons (Fsp3) is 0.286. The molecule has 21 heavy (non-hydrogen) atoms. The number of rotatable bonds is 4. The lowest BCUT2D eigenvalue weighted by Gasteiger charge is -2.10. The van der Waals surface area contributed by atoms with Gasteiger partial charge in [0.1, 0.15) is 11.6 Å². The van der Waals surface area contributed by atoms with Crippen molar-refractivity contribution in [2.75, 3.05) is 11.9 Å². The lowest BCUT2D eigenvalue weighted by molar-refractivity contribution is -0.274. The third-order valence-electron chi connectivity index (χ3n) is 2.54. The van der Waals surface area contributed by atoms with Crippen LogP contribution in [-0.4, -0.2) is 22.9 Å². The number of alkyl halides is 3. The molecule has 0 unspecified atom stereocenters. The van der Waals surface area contributed by atoms with Crippen LogP contribution < -0.4 is 10.1 Å². The van der Waals surface area contributed by atoms with E-state index in [1.807, 2.05) is 6.92 Å². The summed E-state index contributed by atoms with van der Waals surface area (Å²) in [5, 5.41) is 3.05. The van der Waals surface area contributed by atoms with Crippen molar-refractivity contribution in [1.82, 2.24) is 9.97 Å². The Morgan fingerprint density at radius 1 is 1.19 bits per heavy atom. The molecule has 0 aliphatic carbocycles. The number of halogens is 3. The van der Waals surface area contributed by atoms with Gasteiger partial charge in [-0.2, -0.15) is 0 Å². The van der Waals surface area contributed by atoms with Crippen molar-refractivity contribution in [2.45, 2.75) is 20.2 Å². The number of hydrogen-bond acceptors (Lipinski definition) is 4. The number of aromatic nitrogens is 2. The zero-order valence-corrected chi connectivity index (χ0v) is 11.5. The monoisotopic (exact) mass is 297 g/mol. The molecule has 0 fully saturated rings. The molecule has 0 saturated heterocycles. The predicted molar refractivity (Wildman–Crippen MR) is 73.1 cm³/mol. The average Bonchev–Trinajstić information content (AvgIpc) is 2.36. The highest BCUT2D eigenvalue weighted by molar-refractivity contribution is 5.59. The highest BCUT2D eigenvalue weighted by Crippen LogP contribution is 2.27. The predicted octanol–water partition coefficient (Wildman–Crippen LogP) is 3.78. The van der Waals surface area contributed by atoms with Crippen molar-refractivity contribution in [1.29, 1.82) is 0 Å². The Hall–Kier alpha value is -2.31. The second-order valence-corrected chi connectivity index (χ2v) is 4.32. The molecule has 0 aliphatic heterocycles. The van der Waals surface area contributed by atoms with Crippen LogP contribution in [0.25, 0.3) is 11.4 Å². The van der Waals surface area contributed by atoms with Crippen molar-refractivity contribution >= 4 is 5.82 Å². The first-order chi connectivity index (χ1) is 9.87. The molecule has 4 nitrogen and oxygen atoms in total. The highest BCUT2D eigenvalue weighted by atomic mass is 19.4. The third-order valence-corrected chi connectivity index (χ3v) is 2.54. The van der Waals surface area contributed by atoms with E-state index in [1.54, 1.807) is 19.1 Å². The van der Waals surface area contributed by atoms with Crippen LogP contribution in [0.4, 0.5) is 19.0 Å². The Morgan fingerprint density at radius 3 is 2.62 bits per heavy atom. The van der Waals surface area contributed by atoms with Gasteiger partial charge >= 0.3 is 6.36 Å². The van der Waals surface area contributed by atoms with Crippen molar-refractivity contribution in [3.63, 3.8) is 0 Å². The lowest BCUT2D eigenvalue weighted by atomic mass is 10.2. The molecule has 0 spiro atoms. The third kappa shape index (κ3) is 4.34. The summed E-state index contributed by atoms with van der Waals surface area (Å²) in [5.74, 6) is 0.677. The van der Waals surface area contributed by atoms with Gasteiger partial charge in [-0.15, -0.1) is 13.2 Å². The summed E-state index contributed by atoms with van der Waals surface area (Å²) in [6.07, 6.45) is -4.72. The van der Waals surface area contributed by atoms with Crippen LogP contribution in [0.5, 0.6) is 5.75 Å². The minimum absolute atomic E-state index is 0.296. The topological polar surface area (TPSA) is 47.0 Å². The molecule has 0 atom stereocenters. The van der Waals surface area contributed by atoms with E-state index in [0.29, 0.717) is 23.8 Å². The first-order valence-electron chi connectivity index (χ1n) is 6.33. The number of benzene rings is 1. The summed E-state index contributed by atoms with van der Waals surface area (Å²) in [4.78, 5) is 8.51.